The van der Waals surface area contributed by atoms with Crippen molar-refractivity contribution in [3.63, 3.8) is 0 Å². The molecule has 40 heavy (non-hydrogen) atoms. The van der Waals surface area contributed by atoms with E-state index in [1.807, 2.05) is 56.3 Å². The number of anilines is 1. The summed E-state index contributed by atoms with van der Waals surface area (Å²) in [6, 6.07) is 22.5. The van der Waals surface area contributed by atoms with E-state index in [-0.39, 0.29) is 24.9 Å². The predicted octanol–water partition coefficient (Wildman–Crippen LogP) is 4.78. The van der Waals surface area contributed by atoms with Gasteiger partial charge in [-0.3, -0.25) is 13.9 Å². The van der Waals surface area contributed by atoms with E-state index >= 15 is 0 Å². The number of rotatable bonds is 13. The van der Waals surface area contributed by atoms with Crippen LogP contribution in [0.3, 0.4) is 0 Å². The highest BCUT2D eigenvalue weighted by Gasteiger charge is 2.33. The van der Waals surface area contributed by atoms with Gasteiger partial charge < -0.3 is 15.0 Å². The van der Waals surface area contributed by atoms with Crippen molar-refractivity contribution in [2.24, 2.45) is 0 Å². The molecule has 0 fully saturated rings. The molecule has 0 saturated heterocycles. The van der Waals surface area contributed by atoms with Gasteiger partial charge in [0.05, 0.1) is 19.1 Å². The molecule has 0 saturated carbocycles. The van der Waals surface area contributed by atoms with E-state index in [1.54, 1.807) is 43.5 Å². The van der Waals surface area contributed by atoms with E-state index in [1.165, 1.54) is 4.90 Å². The largest absolute Gasteiger partial charge is 0.497 e. The number of halogens is 1. The highest BCUT2D eigenvalue weighted by Crippen LogP contribution is 2.28. The Morgan fingerprint density at radius 2 is 1.62 bits per heavy atom. The van der Waals surface area contributed by atoms with Gasteiger partial charge in [-0.2, -0.15) is 0 Å². The number of ether oxygens (including phenoxy) is 1. The highest BCUT2D eigenvalue weighted by molar-refractivity contribution is 9.10. The summed E-state index contributed by atoms with van der Waals surface area (Å²) in [5.41, 5.74) is 1.96. The van der Waals surface area contributed by atoms with E-state index in [9.17, 15) is 18.0 Å². The number of carbonyl (C=O) groups is 2. The molecule has 214 valence electrons. The number of nitrogens with one attached hydrogen (secondary N) is 1. The Hall–Kier alpha value is -3.37. The third-order valence-corrected chi connectivity index (χ3v) is 8.36. The lowest BCUT2D eigenvalue weighted by Gasteiger charge is -2.34. The Balaban J connectivity index is 2.08. The number of methoxy groups -OCH3 is 1. The molecule has 0 aliphatic heterocycles. The smallest absolute Gasteiger partial charge is 0.244 e. The molecule has 2 atom stereocenters. The number of benzene rings is 3. The van der Waals surface area contributed by atoms with Crippen molar-refractivity contribution in [3.05, 3.63) is 94.5 Å². The average Bonchev–Trinajstić information content (AvgIpc) is 2.93. The Morgan fingerprint density at radius 3 is 2.25 bits per heavy atom. The summed E-state index contributed by atoms with van der Waals surface area (Å²) in [4.78, 5) is 29.3. The Bertz CT molecular complexity index is 1400. The van der Waals surface area contributed by atoms with E-state index in [4.69, 9.17) is 4.74 Å². The quantitative estimate of drug-likeness (QED) is 0.294. The fourth-order valence-electron chi connectivity index (χ4n) is 4.21. The van der Waals surface area contributed by atoms with Gasteiger partial charge in [0, 0.05) is 23.5 Å². The molecular formula is C30H36BrN3O5S. The summed E-state index contributed by atoms with van der Waals surface area (Å²) in [5.74, 6) is -0.204. The maximum Gasteiger partial charge on any atom is 0.244 e. The highest BCUT2D eigenvalue weighted by atomic mass is 79.9. The molecule has 2 amide bonds. The fraction of sp³-hybridized carbons (Fsp3) is 0.333. The monoisotopic (exact) mass is 629 g/mol. The summed E-state index contributed by atoms with van der Waals surface area (Å²) < 4.78 is 32.8. The second kappa shape index (κ2) is 14.3. The first kappa shape index (κ1) is 31.2. The second-order valence-corrected chi connectivity index (χ2v) is 12.4. The molecule has 3 aromatic carbocycles. The van der Waals surface area contributed by atoms with Gasteiger partial charge in [0.25, 0.3) is 0 Å². The topological polar surface area (TPSA) is 96.0 Å². The van der Waals surface area contributed by atoms with Crippen LogP contribution in [-0.4, -0.2) is 57.1 Å². The van der Waals surface area contributed by atoms with Crippen LogP contribution >= 0.6 is 15.9 Å². The van der Waals surface area contributed by atoms with Gasteiger partial charge >= 0.3 is 0 Å². The van der Waals surface area contributed by atoms with Crippen LogP contribution in [0.15, 0.2) is 83.3 Å². The normalized spacial score (nSPS) is 12.7. The summed E-state index contributed by atoms with van der Waals surface area (Å²) in [5, 5.41) is 3.02. The molecule has 2 unspecified atom stereocenters. The van der Waals surface area contributed by atoms with E-state index in [0.29, 0.717) is 15.9 Å². The van der Waals surface area contributed by atoms with Crippen molar-refractivity contribution in [2.75, 3.05) is 24.2 Å². The lowest BCUT2D eigenvalue weighted by Crippen LogP contribution is -2.54. The van der Waals surface area contributed by atoms with Crippen LogP contribution in [0, 0.1) is 0 Å². The summed E-state index contributed by atoms with van der Waals surface area (Å²) in [7, 11) is -2.29. The first-order chi connectivity index (χ1) is 19.0. The van der Waals surface area contributed by atoms with Crippen molar-refractivity contribution in [3.8, 4) is 5.75 Å². The zero-order chi connectivity index (χ0) is 29.3. The number of nitrogens with zero attached hydrogens (tertiary/aromatic N) is 2. The van der Waals surface area contributed by atoms with Crippen LogP contribution in [-0.2, 0) is 32.6 Å². The summed E-state index contributed by atoms with van der Waals surface area (Å²) in [6.07, 6.45) is 2.04. The van der Waals surface area contributed by atoms with Crippen LogP contribution in [0.4, 0.5) is 5.69 Å². The first-order valence-electron chi connectivity index (χ1n) is 13.0. The number of hydrogen-bond donors (Lipinski definition) is 1. The first-order valence-corrected chi connectivity index (χ1v) is 15.7. The minimum Gasteiger partial charge on any atom is -0.497 e. The second-order valence-electron chi connectivity index (χ2n) is 9.62. The summed E-state index contributed by atoms with van der Waals surface area (Å²) >= 11 is 3.41. The Labute approximate surface area is 245 Å². The minimum absolute atomic E-state index is 0.0784. The zero-order valence-corrected chi connectivity index (χ0v) is 25.6. The molecule has 0 aromatic heterocycles. The van der Waals surface area contributed by atoms with Gasteiger partial charge in [-0.1, -0.05) is 61.5 Å². The molecule has 0 spiro atoms. The van der Waals surface area contributed by atoms with E-state index in [0.717, 1.165) is 28.1 Å². The average molecular weight is 631 g/mol. The van der Waals surface area contributed by atoms with Crippen molar-refractivity contribution in [1.29, 1.82) is 0 Å². The van der Waals surface area contributed by atoms with Crippen LogP contribution in [0.5, 0.6) is 5.75 Å². The lowest BCUT2D eigenvalue weighted by molar-refractivity contribution is -0.140. The van der Waals surface area contributed by atoms with Crippen molar-refractivity contribution < 1.29 is 22.7 Å². The van der Waals surface area contributed by atoms with Crippen LogP contribution < -0.4 is 14.4 Å². The van der Waals surface area contributed by atoms with E-state index in [2.05, 4.69) is 21.2 Å². The number of amides is 2. The third-order valence-electron chi connectivity index (χ3n) is 6.56. The molecule has 3 aromatic rings. The molecule has 10 heteroatoms. The number of sulfonamides is 1. The van der Waals surface area contributed by atoms with Crippen molar-refractivity contribution in [2.45, 2.75) is 45.3 Å². The van der Waals surface area contributed by atoms with Gasteiger partial charge in [-0.25, -0.2) is 8.42 Å². The van der Waals surface area contributed by atoms with Gasteiger partial charge in [0.1, 0.15) is 18.3 Å². The zero-order valence-electron chi connectivity index (χ0n) is 23.2. The van der Waals surface area contributed by atoms with Gasteiger partial charge in [-0.05, 0) is 64.7 Å². The molecular weight excluding hydrogens is 594 g/mol. The minimum atomic E-state index is -3.85. The molecule has 0 radical (unpaired) electrons. The molecule has 1 N–H and O–H groups in total. The fourth-order valence-corrected chi connectivity index (χ4v) is 5.69. The number of hydrogen-bond acceptors (Lipinski definition) is 5. The van der Waals surface area contributed by atoms with Gasteiger partial charge in [-0.15, -0.1) is 0 Å². The SMILES string of the molecule is CCC(C)NC(=O)C(Cc1ccccc1)N(Cc1cccc(OC)c1)C(=O)CN(c1ccccc1Br)S(C)(=O)=O. The number of para-hydroxylation sites is 1. The van der Waals surface area contributed by atoms with Gasteiger partial charge in [0.15, 0.2) is 0 Å². The van der Waals surface area contributed by atoms with Gasteiger partial charge in [0.2, 0.25) is 21.8 Å². The van der Waals surface area contributed by atoms with Crippen LogP contribution in [0.2, 0.25) is 0 Å². The summed E-state index contributed by atoms with van der Waals surface area (Å²) in [6.45, 7) is 3.48. The molecule has 0 aliphatic carbocycles. The Morgan fingerprint density at radius 1 is 0.975 bits per heavy atom. The Kier molecular flexibility index (Phi) is 11.2. The van der Waals surface area contributed by atoms with Crippen LogP contribution in [0.25, 0.3) is 0 Å². The standard InChI is InChI=1S/C30H36BrN3O5S/c1-5-22(2)32-30(36)28(19-23-12-7-6-8-13-23)33(20-24-14-11-15-25(18-24)39-3)29(35)21-34(40(4,37)38)27-17-10-9-16-26(27)31/h6-18,22,28H,5,19-21H2,1-4H3,(H,32,36). The number of carbonyl (C=O) groups excluding carboxylic acids is 2. The predicted molar refractivity (Wildman–Crippen MR) is 162 cm³/mol. The molecule has 0 heterocycles. The third kappa shape index (κ3) is 8.56. The van der Waals surface area contributed by atoms with Crippen LogP contribution in [0.1, 0.15) is 31.4 Å². The molecule has 8 nitrogen and oxygen atoms in total. The maximum atomic E-state index is 14.1. The van der Waals surface area contributed by atoms with E-state index < -0.39 is 28.5 Å². The maximum absolute atomic E-state index is 14.1. The van der Waals surface area contributed by atoms with Crippen molar-refractivity contribution in [1.82, 2.24) is 10.2 Å². The molecule has 0 bridgehead atoms. The molecule has 0 aliphatic rings. The van der Waals surface area contributed by atoms with Crippen molar-refractivity contribution >= 4 is 43.5 Å². The lowest BCUT2D eigenvalue weighted by atomic mass is 10.0. The molecule has 3 rings (SSSR count).